The van der Waals surface area contributed by atoms with E-state index in [1.165, 1.54) is 6.07 Å². The molecule has 106 valence electrons. The van der Waals surface area contributed by atoms with Gasteiger partial charge in [-0.3, -0.25) is 0 Å². The van der Waals surface area contributed by atoms with Crippen LogP contribution < -0.4 is 10.5 Å². The van der Waals surface area contributed by atoms with Crippen LogP contribution in [0, 0.1) is 0 Å². The van der Waals surface area contributed by atoms with Crippen LogP contribution in [0.25, 0.3) is 0 Å². The van der Waals surface area contributed by atoms with Gasteiger partial charge in [0.25, 0.3) is 0 Å². The molecule has 1 aromatic carbocycles. The fourth-order valence-corrected chi connectivity index (χ4v) is 3.22. The van der Waals surface area contributed by atoms with Crippen molar-refractivity contribution in [2.45, 2.75) is 11.3 Å². The van der Waals surface area contributed by atoms with Crippen molar-refractivity contribution < 1.29 is 8.42 Å². The third-order valence-electron chi connectivity index (χ3n) is 2.68. The fourth-order valence-electron chi connectivity index (χ4n) is 1.72. The van der Waals surface area contributed by atoms with Crippen LogP contribution in [0.2, 0.25) is 0 Å². The van der Waals surface area contributed by atoms with Gasteiger partial charge in [-0.25, -0.2) is 18.1 Å². The zero-order valence-corrected chi connectivity index (χ0v) is 12.2. The number of sulfonamides is 1. The molecule has 0 fully saturated rings. The summed E-state index contributed by atoms with van der Waals surface area (Å²) in [6, 6.07) is 6.39. The minimum absolute atomic E-state index is 0.0551. The van der Waals surface area contributed by atoms with Gasteiger partial charge in [0.15, 0.2) is 0 Å². The number of hydrogen-bond acceptors (Lipinski definition) is 4. The molecule has 0 amide bonds. The number of imidazole rings is 1. The quantitative estimate of drug-likeness (QED) is 0.677. The lowest BCUT2D eigenvalue weighted by Gasteiger charge is -2.10. The molecule has 4 N–H and O–H groups in total. The second-order valence-corrected chi connectivity index (χ2v) is 6.26. The van der Waals surface area contributed by atoms with E-state index in [0.717, 1.165) is 5.69 Å². The number of thiocarbonyl (C=S) groups is 1. The largest absolute Gasteiger partial charge is 0.389 e. The molecule has 1 aromatic heterocycles. The minimum atomic E-state index is -3.64. The SMILES string of the molecule is NC(=S)c1ccccc1S(=O)(=O)NCCc1cnc[nH]1. The van der Waals surface area contributed by atoms with Gasteiger partial charge in [-0.15, -0.1) is 0 Å². The van der Waals surface area contributed by atoms with Gasteiger partial charge in [-0.05, 0) is 6.07 Å². The Morgan fingerprint density at radius 1 is 1.40 bits per heavy atom. The fraction of sp³-hybridized carbons (Fsp3) is 0.167. The van der Waals surface area contributed by atoms with Crippen molar-refractivity contribution in [3.8, 4) is 0 Å². The molecule has 2 rings (SSSR count). The second kappa shape index (κ2) is 6.12. The topological polar surface area (TPSA) is 101 Å². The number of benzene rings is 1. The van der Waals surface area contributed by atoms with E-state index in [0.29, 0.717) is 12.0 Å². The first-order valence-electron chi connectivity index (χ1n) is 5.86. The summed E-state index contributed by atoms with van der Waals surface area (Å²) in [4.78, 5) is 6.92. The van der Waals surface area contributed by atoms with Gasteiger partial charge >= 0.3 is 0 Å². The smallest absolute Gasteiger partial charge is 0.241 e. The lowest BCUT2D eigenvalue weighted by Crippen LogP contribution is -2.28. The Hall–Kier alpha value is -1.77. The molecule has 20 heavy (non-hydrogen) atoms. The normalized spacial score (nSPS) is 11.4. The first-order chi connectivity index (χ1) is 9.50. The highest BCUT2D eigenvalue weighted by atomic mass is 32.2. The van der Waals surface area contributed by atoms with E-state index in [4.69, 9.17) is 18.0 Å². The average Bonchev–Trinajstić information content (AvgIpc) is 2.91. The molecular formula is C12H14N4O2S2. The number of nitrogens with two attached hydrogens (primary N) is 1. The minimum Gasteiger partial charge on any atom is -0.389 e. The number of H-pyrrole nitrogens is 1. The lowest BCUT2D eigenvalue weighted by atomic mass is 10.2. The molecule has 0 aliphatic heterocycles. The Labute approximate surface area is 122 Å². The Kier molecular flexibility index (Phi) is 4.48. The van der Waals surface area contributed by atoms with Crippen LogP contribution in [0.5, 0.6) is 0 Å². The Morgan fingerprint density at radius 3 is 2.80 bits per heavy atom. The molecule has 0 unspecified atom stereocenters. The Morgan fingerprint density at radius 2 is 2.15 bits per heavy atom. The van der Waals surface area contributed by atoms with E-state index in [9.17, 15) is 8.42 Å². The maximum Gasteiger partial charge on any atom is 0.241 e. The molecule has 1 heterocycles. The third kappa shape index (κ3) is 3.41. The van der Waals surface area contributed by atoms with Crippen LogP contribution in [0.1, 0.15) is 11.3 Å². The molecule has 0 spiro atoms. The zero-order valence-electron chi connectivity index (χ0n) is 10.5. The van der Waals surface area contributed by atoms with Crippen LogP contribution in [-0.4, -0.2) is 29.9 Å². The number of hydrogen-bond donors (Lipinski definition) is 3. The third-order valence-corrected chi connectivity index (χ3v) is 4.42. The maximum absolute atomic E-state index is 12.2. The summed E-state index contributed by atoms with van der Waals surface area (Å²) in [5.74, 6) is 0. The number of aromatic nitrogens is 2. The number of aromatic amines is 1. The van der Waals surface area contributed by atoms with Gasteiger partial charge in [0.05, 0.1) is 11.2 Å². The highest BCUT2D eigenvalue weighted by molar-refractivity contribution is 7.89. The van der Waals surface area contributed by atoms with Crippen LogP contribution in [-0.2, 0) is 16.4 Å². The lowest BCUT2D eigenvalue weighted by molar-refractivity contribution is 0.581. The number of nitrogens with one attached hydrogen (secondary N) is 2. The van der Waals surface area contributed by atoms with Crippen molar-refractivity contribution >= 4 is 27.2 Å². The molecule has 8 heteroatoms. The Bertz CT molecular complexity index is 696. The second-order valence-electron chi connectivity index (χ2n) is 4.09. The Balaban J connectivity index is 2.12. The summed E-state index contributed by atoms with van der Waals surface area (Å²) in [7, 11) is -3.64. The summed E-state index contributed by atoms with van der Waals surface area (Å²) >= 11 is 4.87. The summed E-state index contributed by atoms with van der Waals surface area (Å²) in [5, 5.41) is 0. The van der Waals surface area contributed by atoms with Crippen molar-refractivity contribution in [1.29, 1.82) is 0 Å². The van der Waals surface area contributed by atoms with Crippen molar-refractivity contribution in [1.82, 2.24) is 14.7 Å². The van der Waals surface area contributed by atoms with E-state index in [-0.39, 0.29) is 16.4 Å². The van der Waals surface area contributed by atoms with Crippen molar-refractivity contribution in [2.75, 3.05) is 6.54 Å². The molecule has 6 nitrogen and oxygen atoms in total. The molecule has 0 atom stereocenters. The molecule has 2 aromatic rings. The standard InChI is InChI=1S/C12H14N4O2S2/c13-12(19)10-3-1-2-4-11(10)20(17,18)16-6-5-9-7-14-8-15-9/h1-4,7-8,16H,5-6H2,(H2,13,19)(H,14,15). The van der Waals surface area contributed by atoms with Gasteiger partial charge in [-0.2, -0.15) is 0 Å². The van der Waals surface area contributed by atoms with Crippen LogP contribution in [0.3, 0.4) is 0 Å². The average molecular weight is 310 g/mol. The summed E-state index contributed by atoms with van der Waals surface area (Å²) in [5.41, 5.74) is 6.74. The molecule has 0 saturated heterocycles. The number of nitrogens with zero attached hydrogens (tertiary/aromatic N) is 1. The highest BCUT2D eigenvalue weighted by Gasteiger charge is 2.18. The van der Waals surface area contributed by atoms with Gasteiger partial charge in [0.1, 0.15) is 4.99 Å². The first kappa shape index (κ1) is 14.6. The van der Waals surface area contributed by atoms with Crippen molar-refractivity contribution in [3.63, 3.8) is 0 Å². The van der Waals surface area contributed by atoms with E-state index in [1.807, 2.05) is 0 Å². The van der Waals surface area contributed by atoms with E-state index in [1.54, 1.807) is 30.7 Å². The maximum atomic E-state index is 12.2. The van der Waals surface area contributed by atoms with E-state index in [2.05, 4.69) is 14.7 Å². The molecule has 0 aliphatic rings. The monoisotopic (exact) mass is 310 g/mol. The van der Waals surface area contributed by atoms with E-state index >= 15 is 0 Å². The zero-order chi connectivity index (χ0) is 14.6. The molecular weight excluding hydrogens is 296 g/mol. The van der Waals surface area contributed by atoms with Gasteiger partial charge in [0.2, 0.25) is 10.0 Å². The predicted octanol–water partition coefficient (Wildman–Crippen LogP) is 0.565. The van der Waals surface area contributed by atoms with Gasteiger partial charge in [-0.1, -0.05) is 30.4 Å². The van der Waals surface area contributed by atoms with Gasteiger partial charge < -0.3 is 10.7 Å². The molecule has 0 saturated carbocycles. The van der Waals surface area contributed by atoms with Gasteiger partial charge in [0, 0.05) is 30.4 Å². The molecule has 0 bridgehead atoms. The molecule has 0 aliphatic carbocycles. The highest BCUT2D eigenvalue weighted by Crippen LogP contribution is 2.15. The first-order valence-corrected chi connectivity index (χ1v) is 7.75. The molecule has 0 radical (unpaired) electrons. The van der Waals surface area contributed by atoms with E-state index < -0.39 is 10.0 Å². The van der Waals surface area contributed by atoms with Crippen LogP contribution >= 0.6 is 12.2 Å². The van der Waals surface area contributed by atoms with Crippen LogP contribution in [0.4, 0.5) is 0 Å². The summed E-state index contributed by atoms with van der Waals surface area (Å²) in [6.45, 7) is 0.260. The van der Waals surface area contributed by atoms with Crippen molar-refractivity contribution in [3.05, 3.63) is 48.0 Å². The summed E-state index contributed by atoms with van der Waals surface area (Å²) < 4.78 is 27.0. The number of rotatable bonds is 6. The van der Waals surface area contributed by atoms with Crippen molar-refractivity contribution in [2.24, 2.45) is 5.73 Å². The summed E-state index contributed by atoms with van der Waals surface area (Å²) in [6.07, 6.45) is 3.72. The predicted molar refractivity (Wildman–Crippen MR) is 79.8 cm³/mol. The van der Waals surface area contributed by atoms with Crippen LogP contribution in [0.15, 0.2) is 41.7 Å².